The predicted octanol–water partition coefficient (Wildman–Crippen LogP) is 9.81. The van der Waals surface area contributed by atoms with Crippen molar-refractivity contribution in [2.75, 3.05) is 11.9 Å². The number of rotatable bonds is 6. The van der Waals surface area contributed by atoms with Crippen LogP contribution >= 0.6 is 0 Å². The topological polar surface area (TPSA) is 8.17 Å². The van der Waals surface area contributed by atoms with Gasteiger partial charge in [-0.05, 0) is 77.2 Å². The van der Waals surface area contributed by atoms with Crippen molar-refractivity contribution >= 4 is 33.2 Å². The molecule has 0 radical (unpaired) electrons. The Labute approximate surface area is 235 Å². The molecule has 40 heavy (non-hydrogen) atoms. The van der Waals surface area contributed by atoms with Gasteiger partial charge in [-0.25, -0.2) is 0 Å². The summed E-state index contributed by atoms with van der Waals surface area (Å²) in [6.45, 7) is 0. The normalized spacial score (nSPS) is 11.2. The van der Waals surface area contributed by atoms with Crippen molar-refractivity contribution in [2.24, 2.45) is 0 Å². The Balaban J connectivity index is 1.13. The van der Waals surface area contributed by atoms with Gasteiger partial charge in [0.15, 0.2) is 0 Å². The number of hydrogen-bond donors (Lipinski definition) is 0. The lowest BCUT2D eigenvalue weighted by Crippen LogP contribution is -2.09. The first-order chi connectivity index (χ1) is 19.7. The monoisotopic (exact) mass is 514 g/mol. The summed E-state index contributed by atoms with van der Waals surface area (Å²) in [6, 6.07) is 54.5. The van der Waals surface area contributed by atoms with Gasteiger partial charge in [0.2, 0.25) is 0 Å². The van der Waals surface area contributed by atoms with Crippen LogP contribution in [0.3, 0.4) is 0 Å². The molecule has 0 unspecified atom stereocenters. The molecule has 0 atom stereocenters. The van der Waals surface area contributed by atoms with E-state index in [4.69, 9.17) is 0 Å². The van der Waals surface area contributed by atoms with Crippen molar-refractivity contribution in [1.82, 2.24) is 4.57 Å². The summed E-state index contributed by atoms with van der Waals surface area (Å²) in [5.74, 6) is 0. The second-order valence-corrected chi connectivity index (χ2v) is 10.4. The van der Waals surface area contributed by atoms with Crippen LogP contribution in [0.5, 0.6) is 0 Å². The summed E-state index contributed by atoms with van der Waals surface area (Å²) in [5.41, 5.74) is 11.1. The van der Waals surface area contributed by atoms with Gasteiger partial charge < -0.3 is 9.47 Å². The lowest BCUT2D eigenvalue weighted by atomic mass is 9.99. The third-order valence-corrected chi connectivity index (χ3v) is 7.84. The summed E-state index contributed by atoms with van der Waals surface area (Å²) in [6.07, 6.45) is 0.945. The van der Waals surface area contributed by atoms with Crippen LogP contribution in [-0.4, -0.2) is 11.6 Å². The maximum Gasteiger partial charge on any atom is 0.0541 e. The van der Waals surface area contributed by atoms with Crippen molar-refractivity contribution in [1.29, 1.82) is 0 Å². The third kappa shape index (κ3) is 4.44. The molecule has 2 nitrogen and oxygen atoms in total. The van der Waals surface area contributed by atoms with E-state index in [-0.39, 0.29) is 0 Å². The summed E-state index contributed by atoms with van der Waals surface area (Å²) < 4.78 is 2.36. The molecular formula is C38H30N2. The van der Waals surface area contributed by atoms with Gasteiger partial charge in [-0.15, -0.1) is 0 Å². The van der Waals surface area contributed by atoms with Crippen LogP contribution in [0, 0.1) is 0 Å². The highest BCUT2D eigenvalue weighted by Gasteiger charge is 2.12. The Morgan fingerprint density at radius 2 is 1.02 bits per heavy atom. The first kappa shape index (κ1) is 24.0. The molecule has 0 N–H and O–H groups in total. The number of nitrogens with zero attached hydrogens (tertiary/aromatic N) is 2. The zero-order valence-electron chi connectivity index (χ0n) is 22.5. The van der Waals surface area contributed by atoms with E-state index >= 15 is 0 Å². The molecule has 0 bridgehead atoms. The average Bonchev–Trinajstić information content (AvgIpc) is 3.36. The number of benzene rings is 6. The van der Waals surface area contributed by atoms with Crippen LogP contribution in [0.1, 0.15) is 11.1 Å². The van der Waals surface area contributed by atoms with E-state index in [0.29, 0.717) is 0 Å². The maximum atomic E-state index is 2.36. The van der Waals surface area contributed by atoms with Crippen molar-refractivity contribution < 1.29 is 0 Å². The van der Waals surface area contributed by atoms with E-state index in [2.05, 4.69) is 168 Å². The van der Waals surface area contributed by atoms with Crippen LogP contribution < -0.4 is 4.90 Å². The fourth-order valence-electron chi connectivity index (χ4n) is 5.74. The summed E-state index contributed by atoms with van der Waals surface area (Å²) >= 11 is 0. The molecular weight excluding hydrogens is 484 g/mol. The minimum absolute atomic E-state index is 0.945. The second-order valence-electron chi connectivity index (χ2n) is 10.4. The van der Waals surface area contributed by atoms with Crippen LogP contribution in [0.4, 0.5) is 11.4 Å². The van der Waals surface area contributed by atoms with Gasteiger partial charge in [-0.3, -0.25) is 0 Å². The van der Waals surface area contributed by atoms with Crippen molar-refractivity contribution in [3.8, 4) is 16.8 Å². The maximum absolute atomic E-state index is 2.36. The Bertz CT molecular complexity index is 1860. The molecule has 192 valence electrons. The quantitative estimate of drug-likeness (QED) is 0.214. The third-order valence-electron chi connectivity index (χ3n) is 7.84. The Morgan fingerprint density at radius 1 is 0.475 bits per heavy atom. The molecule has 0 saturated heterocycles. The van der Waals surface area contributed by atoms with Crippen molar-refractivity contribution in [2.45, 2.75) is 6.42 Å². The average molecular weight is 515 g/mol. The number of anilines is 2. The summed E-state index contributed by atoms with van der Waals surface area (Å²) in [4.78, 5) is 2.24. The summed E-state index contributed by atoms with van der Waals surface area (Å²) in [7, 11) is 2.13. The van der Waals surface area contributed by atoms with Crippen LogP contribution in [0.25, 0.3) is 38.6 Å². The molecule has 0 spiro atoms. The molecule has 0 amide bonds. The zero-order chi connectivity index (χ0) is 26.9. The molecule has 1 aromatic heterocycles. The molecule has 0 aliphatic rings. The molecule has 0 aliphatic heterocycles. The second kappa shape index (κ2) is 10.2. The van der Waals surface area contributed by atoms with Gasteiger partial charge in [0.05, 0.1) is 11.0 Å². The Kier molecular flexibility index (Phi) is 6.14. The smallest absolute Gasteiger partial charge is 0.0541 e. The van der Waals surface area contributed by atoms with E-state index < -0.39 is 0 Å². The van der Waals surface area contributed by atoms with Crippen LogP contribution in [-0.2, 0) is 6.42 Å². The SMILES string of the molecule is CN(c1ccc(-c2cccc(Cc3ccccc3)c2)cc1)c1ccc(-n2c3ccccc3c3ccccc32)cc1. The number of aromatic nitrogens is 1. The highest BCUT2D eigenvalue weighted by Crippen LogP contribution is 2.33. The predicted molar refractivity (Wildman–Crippen MR) is 170 cm³/mol. The largest absolute Gasteiger partial charge is 0.345 e. The Morgan fingerprint density at radius 3 is 1.68 bits per heavy atom. The zero-order valence-corrected chi connectivity index (χ0v) is 22.5. The fraction of sp³-hybridized carbons (Fsp3) is 0.0526. The molecule has 0 aliphatic carbocycles. The first-order valence-corrected chi connectivity index (χ1v) is 13.8. The lowest BCUT2D eigenvalue weighted by molar-refractivity contribution is 1.16. The highest BCUT2D eigenvalue weighted by atomic mass is 15.1. The molecule has 1 heterocycles. The fourth-order valence-corrected chi connectivity index (χ4v) is 5.74. The van der Waals surface area contributed by atoms with Gasteiger partial charge in [-0.2, -0.15) is 0 Å². The van der Waals surface area contributed by atoms with E-state index in [1.54, 1.807) is 0 Å². The standard InChI is InChI=1S/C38H30N2/c1-39(32-20-18-30(19-21-32)31-13-9-12-29(27-31)26-28-10-3-2-4-11-28)33-22-24-34(25-23-33)40-37-16-7-5-14-35(37)36-15-6-8-17-38(36)40/h2-25,27H,26H2,1H3. The molecule has 2 heteroatoms. The van der Waals surface area contributed by atoms with E-state index in [1.165, 1.54) is 49.7 Å². The lowest BCUT2D eigenvalue weighted by Gasteiger charge is -2.20. The van der Waals surface area contributed by atoms with Gasteiger partial charge in [-0.1, -0.05) is 103 Å². The van der Waals surface area contributed by atoms with Gasteiger partial charge in [0, 0.05) is 34.9 Å². The highest BCUT2D eigenvalue weighted by molar-refractivity contribution is 6.09. The van der Waals surface area contributed by atoms with Gasteiger partial charge in [0.25, 0.3) is 0 Å². The minimum Gasteiger partial charge on any atom is -0.345 e. The van der Waals surface area contributed by atoms with Gasteiger partial charge in [0.1, 0.15) is 0 Å². The molecule has 7 rings (SSSR count). The minimum atomic E-state index is 0.945. The number of fused-ring (bicyclic) bond motifs is 3. The number of hydrogen-bond acceptors (Lipinski definition) is 1. The molecule has 0 fully saturated rings. The van der Waals surface area contributed by atoms with E-state index in [9.17, 15) is 0 Å². The van der Waals surface area contributed by atoms with Crippen LogP contribution in [0.15, 0.2) is 152 Å². The molecule has 0 saturated carbocycles. The number of para-hydroxylation sites is 2. The van der Waals surface area contributed by atoms with E-state index in [0.717, 1.165) is 17.8 Å². The summed E-state index contributed by atoms with van der Waals surface area (Å²) in [5, 5.41) is 2.56. The Hall–Kier alpha value is -5.08. The molecule has 6 aromatic carbocycles. The first-order valence-electron chi connectivity index (χ1n) is 13.8. The van der Waals surface area contributed by atoms with E-state index in [1.807, 2.05) is 0 Å². The van der Waals surface area contributed by atoms with Crippen LogP contribution in [0.2, 0.25) is 0 Å². The molecule has 7 aromatic rings. The van der Waals surface area contributed by atoms with Crippen molar-refractivity contribution in [3.63, 3.8) is 0 Å². The van der Waals surface area contributed by atoms with Crippen molar-refractivity contribution in [3.05, 3.63) is 163 Å². The van der Waals surface area contributed by atoms with Gasteiger partial charge >= 0.3 is 0 Å².